The molecule has 100 valence electrons. The predicted molar refractivity (Wildman–Crippen MR) is 73.6 cm³/mol. The fraction of sp³-hybridized carbons (Fsp3) is 0.385. The zero-order chi connectivity index (χ0) is 13.4. The average molecular weight is 277 g/mol. The summed E-state index contributed by atoms with van der Waals surface area (Å²) in [6.45, 7) is 3.70. The maximum Gasteiger partial charge on any atom is 0.260 e. The van der Waals surface area contributed by atoms with Crippen LogP contribution in [0.15, 0.2) is 16.7 Å². The molecule has 3 heterocycles. The van der Waals surface area contributed by atoms with E-state index in [0.717, 1.165) is 25.2 Å². The van der Waals surface area contributed by atoms with Crippen LogP contribution in [0.1, 0.15) is 26.7 Å². The molecule has 0 unspecified atom stereocenters. The van der Waals surface area contributed by atoms with Crippen LogP contribution in [0.2, 0.25) is 0 Å². The third-order valence-corrected chi connectivity index (χ3v) is 4.24. The molecule has 0 saturated heterocycles. The second-order valence-corrected chi connectivity index (χ2v) is 5.80. The van der Waals surface area contributed by atoms with Crippen LogP contribution >= 0.6 is 11.3 Å². The Morgan fingerprint density at radius 1 is 1.58 bits per heavy atom. The molecule has 0 radical (unpaired) electrons. The fourth-order valence-electron chi connectivity index (χ4n) is 2.16. The van der Waals surface area contributed by atoms with Gasteiger partial charge in [0.15, 0.2) is 5.13 Å². The Morgan fingerprint density at radius 3 is 3.16 bits per heavy atom. The van der Waals surface area contributed by atoms with E-state index < -0.39 is 0 Å². The van der Waals surface area contributed by atoms with Crippen LogP contribution in [0.25, 0.3) is 0 Å². The van der Waals surface area contributed by atoms with Gasteiger partial charge in [-0.25, -0.2) is 4.98 Å². The standard InChI is InChI=1S/C13H15N3O2S/c1-8-9(4-6-18-8)12(17)15-13-14-10-3-5-16(2)7-11(10)19-13/h4,6H,3,5,7H2,1-2H3,(H,14,15,17). The van der Waals surface area contributed by atoms with Crippen LogP contribution in [-0.2, 0) is 13.0 Å². The number of carbonyl (C=O) groups is 1. The maximum absolute atomic E-state index is 12.1. The quantitative estimate of drug-likeness (QED) is 0.915. The molecule has 2 aromatic heterocycles. The summed E-state index contributed by atoms with van der Waals surface area (Å²) in [5, 5.41) is 3.52. The number of thiazole rings is 1. The summed E-state index contributed by atoms with van der Waals surface area (Å²) in [4.78, 5) is 20.1. The van der Waals surface area contributed by atoms with Crippen LogP contribution in [0, 0.1) is 6.92 Å². The van der Waals surface area contributed by atoms with Gasteiger partial charge >= 0.3 is 0 Å². The molecule has 0 aromatic carbocycles. The lowest BCUT2D eigenvalue weighted by molar-refractivity contribution is 0.102. The van der Waals surface area contributed by atoms with E-state index in [9.17, 15) is 4.79 Å². The van der Waals surface area contributed by atoms with Gasteiger partial charge in [-0.3, -0.25) is 10.1 Å². The molecule has 1 aliphatic heterocycles. The van der Waals surface area contributed by atoms with Gasteiger partial charge in [-0.2, -0.15) is 0 Å². The first-order valence-electron chi connectivity index (χ1n) is 6.16. The fourth-order valence-corrected chi connectivity index (χ4v) is 3.25. The van der Waals surface area contributed by atoms with Crippen molar-refractivity contribution in [1.29, 1.82) is 0 Å². The highest BCUT2D eigenvalue weighted by atomic mass is 32.1. The molecule has 1 N–H and O–H groups in total. The molecule has 0 bridgehead atoms. The van der Waals surface area contributed by atoms with E-state index in [1.54, 1.807) is 24.3 Å². The molecule has 1 amide bonds. The number of hydrogen-bond acceptors (Lipinski definition) is 5. The Balaban J connectivity index is 1.78. The predicted octanol–water partition coefficient (Wildman–Crippen LogP) is 2.28. The van der Waals surface area contributed by atoms with Crippen molar-refractivity contribution in [2.45, 2.75) is 19.9 Å². The second-order valence-electron chi connectivity index (χ2n) is 4.72. The molecule has 0 atom stereocenters. The number of fused-ring (bicyclic) bond motifs is 1. The van der Waals surface area contributed by atoms with Crippen molar-refractivity contribution in [2.24, 2.45) is 0 Å². The average Bonchev–Trinajstić information content (AvgIpc) is 2.94. The minimum absolute atomic E-state index is 0.161. The van der Waals surface area contributed by atoms with Gasteiger partial charge in [-0.1, -0.05) is 0 Å². The van der Waals surface area contributed by atoms with Crippen molar-refractivity contribution in [3.63, 3.8) is 0 Å². The molecule has 19 heavy (non-hydrogen) atoms. The Labute approximate surface area is 115 Å². The molecule has 3 rings (SSSR count). The first-order chi connectivity index (χ1) is 9.13. The third-order valence-electron chi connectivity index (χ3n) is 3.25. The van der Waals surface area contributed by atoms with Gasteiger partial charge in [0.25, 0.3) is 5.91 Å². The van der Waals surface area contributed by atoms with Gasteiger partial charge in [0.1, 0.15) is 5.76 Å². The highest BCUT2D eigenvalue weighted by molar-refractivity contribution is 7.15. The van der Waals surface area contributed by atoms with E-state index >= 15 is 0 Å². The van der Waals surface area contributed by atoms with Crippen molar-refractivity contribution in [3.05, 3.63) is 34.2 Å². The van der Waals surface area contributed by atoms with E-state index in [1.165, 1.54) is 11.1 Å². The van der Waals surface area contributed by atoms with E-state index in [1.807, 2.05) is 0 Å². The first-order valence-corrected chi connectivity index (χ1v) is 6.97. The summed E-state index contributed by atoms with van der Waals surface area (Å²) in [6, 6.07) is 1.67. The Bertz CT molecular complexity index is 617. The Kier molecular flexibility index (Phi) is 3.12. The lowest BCUT2D eigenvalue weighted by atomic mass is 10.2. The topological polar surface area (TPSA) is 58.4 Å². The minimum atomic E-state index is -0.161. The van der Waals surface area contributed by atoms with Crippen LogP contribution in [0.4, 0.5) is 5.13 Å². The van der Waals surface area contributed by atoms with E-state index in [0.29, 0.717) is 16.5 Å². The smallest absolute Gasteiger partial charge is 0.260 e. The van der Waals surface area contributed by atoms with E-state index in [4.69, 9.17) is 4.42 Å². The highest BCUT2D eigenvalue weighted by Crippen LogP contribution is 2.28. The highest BCUT2D eigenvalue weighted by Gasteiger charge is 2.20. The van der Waals surface area contributed by atoms with Crippen molar-refractivity contribution in [2.75, 3.05) is 18.9 Å². The first kappa shape index (κ1) is 12.4. The number of rotatable bonds is 2. The van der Waals surface area contributed by atoms with Crippen LogP contribution in [0.5, 0.6) is 0 Å². The molecule has 5 nitrogen and oxygen atoms in total. The van der Waals surface area contributed by atoms with Crippen LogP contribution < -0.4 is 5.32 Å². The van der Waals surface area contributed by atoms with Crippen LogP contribution in [-0.4, -0.2) is 29.4 Å². The Hall–Kier alpha value is -1.66. The number of likely N-dealkylation sites (N-methyl/N-ethyl adjacent to an activating group) is 1. The largest absolute Gasteiger partial charge is 0.469 e. The molecular weight excluding hydrogens is 262 g/mol. The summed E-state index contributed by atoms with van der Waals surface area (Å²) < 4.78 is 5.13. The lowest BCUT2D eigenvalue weighted by Crippen LogP contribution is -2.25. The van der Waals surface area contributed by atoms with Gasteiger partial charge in [-0.05, 0) is 20.0 Å². The van der Waals surface area contributed by atoms with Crippen molar-refractivity contribution < 1.29 is 9.21 Å². The SMILES string of the molecule is Cc1occc1C(=O)Nc1nc2c(s1)CN(C)CC2. The van der Waals surface area contributed by atoms with Gasteiger partial charge in [-0.15, -0.1) is 11.3 Å². The summed E-state index contributed by atoms with van der Waals surface area (Å²) in [5.41, 5.74) is 1.67. The number of aromatic nitrogens is 1. The summed E-state index contributed by atoms with van der Waals surface area (Å²) in [5.74, 6) is 0.462. The zero-order valence-electron chi connectivity index (χ0n) is 10.9. The van der Waals surface area contributed by atoms with Crippen LogP contribution in [0.3, 0.4) is 0 Å². The van der Waals surface area contributed by atoms with Crippen molar-refractivity contribution >= 4 is 22.4 Å². The number of amides is 1. The number of hydrogen-bond donors (Lipinski definition) is 1. The van der Waals surface area contributed by atoms with Gasteiger partial charge in [0, 0.05) is 24.4 Å². The van der Waals surface area contributed by atoms with Gasteiger partial charge in [0.2, 0.25) is 0 Å². The van der Waals surface area contributed by atoms with Crippen molar-refractivity contribution in [1.82, 2.24) is 9.88 Å². The minimum Gasteiger partial charge on any atom is -0.469 e. The van der Waals surface area contributed by atoms with E-state index in [-0.39, 0.29) is 5.91 Å². The van der Waals surface area contributed by atoms with Crippen molar-refractivity contribution in [3.8, 4) is 0 Å². The number of furan rings is 1. The number of aryl methyl sites for hydroxylation is 1. The summed E-state index contributed by atoms with van der Waals surface area (Å²) in [6.07, 6.45) is 2.47. The molecule has 0 spiro atoms. The molecule has 2 aromatic rings. The number of anilines is 1. The molecule has 1 aliphatic rings. The molecule has 0 fully saturated rings. The maximum atomic E-state index is 12.1. The summed E-state index contributed by atoms with van der Waals surface area (Å²) >= 11 is 1.56. The number of carbonyl (C=O) groups excluding carboxylic acids is 1. The third kappa shape index (κ3) is 2.41. The zero-order valence-corrected chi connectivity index (χ0v) is 11.7. The van der Waals surface area contributed by atoms with E-state index in [2.05, 4.69) is 22.2 Å². The van der Waals surface area contributed by atoms with Gasteiger partial charge < -0.3 is 9.32 Å². The normalized spacial score (nSPS) is 15.3. The number of nitrogens with zero attached hydrogens (tertiary/aromatic N) is 2. The molecular formula is C13H15N3O2S. The van der Waals surface area contributed by atoms with Gasteiger partial charge in [0.05, 0.1) is 17.5 Å². The Morgan fingerprint density at radius 2 is 2.42 bits per heavy atom. The second kappa shape index (κ2) is 4.79. The molecule has 6 heteroatoms. The summed E-state index contributed by atoms with van der Waals surface area (Å²) in [7, 11) is 2.09. The molecule has 0 saturated carbocycles. The molecule has 0 aliphatic carbocycles. The number of nitrogens with one attached hydrogen (secondary N) is 1. The monoisotopic (exact) mass is 277 g/mol. The lowest BCUT2D eigenvalue weighted by Gasteiger charge is -2.20.